The maximum atomic E-state index is 12.0. The standard InChI is InChI=1S/C21H28ClN5O7/c1-12-9-15(28)20(33)14(26(12)2)11-25-17(30)4-7-23-16(29)3-6-24-18(31)5-8-27-19(32)10-13(22)21(27)34/h9,13,33H,3-8,10-11H2,1-2H3,(H,23,29)(H,24,31)(H,25,30). The average Bonchev–Trinajstić information content (AvgIpc) is 3.01. The van der Waals surface area contributed by atoms with Gasteiger partial charge in [-0.3, -0.25) is 33.7 Å². The number of aromatic nitrogens is 1. The van der Waals surface area contributed by atoms with E-state index in [1.807, 2.05) is 0 Å². The number of pyridine rings is 1. The van der Waals surface area contributed by atoms with Crippen molar-refractivity contribution in [3.05, 3.63) is 27.7 Å². The molecule has 0 saturated carbocycles. The molecule has 5 amide bonds. The molecule has 0 spiro atoms. The first-order chi connectivity index (χ1) is 16.0. The molecule has 0 bridgehead atoms. The van der Waals surface area contributed by atoms with Gasteiger partial charge in [-0.05, 0) is 6.92 Å². The second kappa shape index (κ2) is 12.2. The van der Waals surface area contributed by atoms with Crippen LogP contribution in [0.4, 0.5) is 0 Å². The van der Waals surface area contributed by atoms with Crippen LogP contribution in [-0.4, -0.2) is 69.1 Å². The van der Waals surface area contributed by atoms with Crippen LogP contribution < -0.4 is 21.4 Å². The molecule has 1 atom stereocenters. The number of halogens is 1. The molecule has 0 radical (unpaired) electrons. The summed E-state index contributed by atoms with van der Waals surface area (Å²) in [5, 5.41) is 16.7. The summed E-state index contributed by atoms with van der Waals surface area (Å²) in [6.07, 6.45) is -0.199. The number of nitrogens with zero attached hydrogens (tertiary/aromatic N) is 2. The molecule has 1 aromatic rings. The van der Waals surface area contributed by atoms with E-state index >= 15 is 0 Å². The number of aryl methyl sites for hydroxylation is 1. The Kier molecular flexibility index (Phi) is 9.60. The van der Waals surface area contributed by atoms with E-state index in [1.165, 1.54) is 6.07 Å². The lowest BCUT2D eigenvalue weighted by molar-refractivity contribution is -0.138. The molecular formula is C21H28ClN5O7. The monoisotopic (exact) mass is 497 g/mol. The lowest BCUT2D eigenvalue weighted by Crippen LogP contribution is -2.36. The first kappa shape index (κ1) is 26.8. The van der Waals surface area contributed by atoms with Crippen molar-refractivity contribution >= 4 is 41.1 Å². The number of amides is 5. The smallest absolute Gasteiger partial charge is 0.247 e. The normalized spacial score (nSPS) is 15.4. The van der Waals surface area contributed by atoms with Crippen molar-refractivity contribution in [3.8, 4) is 5.75 Å². The third-order valence-electron chi connectivity index (χ3n) is 5.33. The van der Waals surface area contributed by atoms with Gasteiger partial charge in [-0.15, -0.1) is 11.6 Å². The molecule has 1 fully saturated rings. The zero-order valence-corrected chi connectivity index (χ0v) is 19.7. The van der Waals surface area contributed by atoms with E-state index in [4.69, 9.17) is 11.6 Å². The van der Waals surface area contributed by atoms with Crippen LogP contribution in [0, 0.1) is 6.92 Å². The van der Waals surface area contributed by atoms with Crippen LogP contribution in [0.1, 0.15) is 37.1 Å². The summed E-state index contributed by atoms with van der Waals surface area (Å²) in [6.45, 7) is 1.71. The van der Waals surface area contributed by atoms with Gasteiger partial charge < -0.3 is 25.6 Å². The van der Waals surface area contributed by atoms with Gasteiger partial charge in [0.25, 0.3) is 0 Å². The molecule has 12 nitrogen and oxygen atoms in total. The van der Waals surface area contributed by atoms with Crippen LogP contribution in [0.3, 0.4) is 0 Å². The SMILES string of the molecule is Cc1cc(=O)c(O)c(CNC(=O)CCNC(=O)CCNC(=O)CCN2C(=O)CC(Cl)C2=O)n1C. The minimum atomic E-state index is -0.885. The second-order valence-corrected chi connectivity index (χ2v) is 8.31. The van der Waals surface area contributed by atoms with Gasteiger partial charge in [0.15, 0.2) is 5.75 Å². The Morgan fingerprint density at radius 3 is 2.15 bits per heavy atom. The van der Waals surface area contributed by atoms with Gasteiger partial charge in [0, 0.05) is 57.7 Å². The van der Waals surface area contributed by atoms with Crippen molar-refractivity contribution in [2.75, 3.05) is 19.6 Å². The molecule has 2 heterocycles. The fraction of sp³-hybridized carbons (Fsp3) is 0.524. The Morgan fingerprint density at radius 1 is 1.03 bits per heavy atom. The number of carbonyl (C=O) groups excluding carboxylic acids is 5. The summed E-state index contributed by atoms with van der Waals surface area (Å²) >= 11 is 5.71. The molecule has 1 aliphatic heterocycles. The number of likely N-dealkylation sites (tertiary alicyclic amines) is 1. The van der Waals surface area contributed by atoms with E-state index < -0.39 is 34.3 Å². The topological polar surface area (TPSA) is 167 Å². The van der Waals surface area contributed by atoms with Crippen molar-refractivity contribution in [2.24, 2.45) is 7.05 Å². The molecule has 186 valence electrons. The predicted octanol–water partition coefficient (Wildman–Crippen LogP) is -1.22. The highest BCUT2D eigenvalue weighted by Gasteiger charge is 2.37. The number of nitrogens with one attached hydrogen (secondary N) is 3. The van der Waals surface area contributed by atoms with Crippen LogP contribution in [0.2, 0.25) is 0 Å². The molecule has 2 rings (SSSR count). The highest BCUT2D eigenvalue weighted by molar-refractivity contribution is 6.35. The fourth-order valence-electron chi connectivity index (χ4n) is 3.24. The van der Waals surface area contributed by atoms with Crippen LogP contribution >= 0.6 is 11.6 Å². The summed E-state index contributed by atoms with van der Waals surface area (Å²) in [5.74, 6) is -2.53. The zero-order chi connectivity index (χ0) is 25.4. The molecule has 13 heteroatoms. The van der Waals surface area contributed by atoms with E-state index in [9.17, 15) is 33.9 Å². The molecule has 1 aliphatic rings. The number of alkyl halides is 1. The van der Waals surface area contributed by atoms with Gasteiger partial charge in [0.05, 0.1) is 18.7 Å². The first-order valence-electron chi connectivity index (χ1n) is 10.7. The van der Waals surface area contributed by atoms with Gasteiger partial charge in [-0.1, -0.05) is 0 Å². The largest absolute Gasteiger partial charge is 0.503 e. The minimum Gasteiger partial charge on any atom is -0.503 e. The summed E-state index contributed by atoms with van der Waals surface area (Å²) in [5.41, 5.74) is 0.383. The number of hydrogen-bond donors (Lipinski definition) is 4. The van der Waals surface area contributed by atoms with Crippen molar-refractivity contribution in [1.82, 2.24) is 25.4 Å². The maximum absolute atomic E-state index is 12.0. The molecular weight excluding hydrogens is 470 g/mol. The Morgan fingerprint density at radius 2 is 1.59 bits per heavy atom. The highest BCUT2D eigenvalue weighted by Crippen LogP contribution is 2.18. The number of imide groups is 1. The first-order valence-corrected chi connectivity index (χ1v) is 11.1. The number of hydrogen-bond acceptors (Lipinski definition) is 7. The quantitative estimate of drug-likeness (QED) is 0.219. The number of carbonyl (C=O) groups is 5. The third kappa shape index (κ3) is 7.30. The van der Waals surface area contributed by atoms with Gasteiger partial charge >= 0.3 is 0 Å². The molecule has 0 aromatic carbocycles. The summed E-state index contributed by atoms with van der Waals surface area (Å²) in [4.78, 5) is 71.6. The van der Waals surface area contributed by atoms with Crippen LogP contribution in [0.15, 0.2) is 10.9 Å². The van der Waals surface area contributed by atoms with E-state index in [0.29, 0.717) is 5.69 Å². The van der Waals surface area contributed by atoms with E-state index in [-0.39, 0.29) is 69.4 Å². The van der Waals surface area contributed by atoms with Gasteiger partial charge in [-0.2, -0.15) is 0 Å². The van der Waals surface area contributed by atoms with Gasteiger partial charge in [0.2, 0.25) is 35.0 Å². The average molecular weight is 498 g/mol. The molecule has 1 saturated heterocycles. The van der Waals surface area contributed by atoms with Crippen LogP contribution in [-0.2, 0) is 37.6 Å². The number of aromatic hydroxyl groups is 1. The second-order valence-electron chi connectivity index (χ2n) is 7.79. The molecule has 34 heavy (non-hydrogen) atoms. The van der Waals surface area contributed by atoms with Crippen molar-refractivity contribution in [3.63, 3.8) is 0 Å². The van der Waals surface area contributed by atoms with Gasteiger partial charge in [0.1, 0.15) is 5.38 Å². The van der Waals surface area contributed by atoms with Crippen molar-refractivity contribution < 1.29 is 29.1 Å². The van der Waals surface area contributed by atoms with E-state index in [0.717, 1.165) is 4.90 Å². The Balaban J connectivity index is 1.60. The lowest BCUT2D eigenvalue weighted by Gasteiger charge is -2.14. The fourth-order valence-corrected chi connectivity index (χ4v) is 3.49. The Labute approximate surface area is 200 Å². The van der Waals surface area contributed by atoms with Crippen LogP contribution in [0.5, 0.6) is 5.75 Å². The molecule has 1 unspecified atom stereocenters. The van der Waals surface area contributed by atoms with Crippen LogP contribution in [0.25, 0.3) is 0 Å². The van der Waals surface area contributed by atoms with Crippen molar-refractivity contribution in [1.29, 1.82) is 0 Å². The highest BCUT2D eigenvalue weighted by atomic mass is 35.5. The van der Waals surface area contributed by atoms with E-state index in [2.05, 4.69) is 16.0 Å². The molecule has 1 aromatic heterocycles. The van der Waals surface area contributed by atoms with Crippen molar-refractivity contribution in [2.45, 2.75) is 44.5 Å². The molecule has 4 N–H and O–H groups in total. The van der Waals surface area contributed by atoms with Gasteiger partial charge in [-0.25, -0.2) is 0 Å². The number of rotatable bonds is 11. The van der Waals surface area contributed by atoms with E-state index in [1.54, 1.807) is 18.5 Å². The Bertz CT molecular complexity index is 1040. The minimum absolute atomic E-state index is 0.0158. The molecule has 0 aliphatic carbocycles. The third-order valence-corrected chi connectivity index (χ3v) is 5.67. The lowest BCUT2D eigenvalue weighted by atomic mass is 10.2. The zero-order valence-electron chi connectivity index (χ0n) is 19.0. The summed E-state index contributed by atoms with van der Waals surface area (Å²) in [7, 11) is 1.66. The maximum Gasteiger partial charge on any atom is 0.247 e. The predicted molar refractivity (Wildman–Crippen MR) is 121 cm³/mol. The Hall–Kier alpha value is -3.41. The summed E-state index contributed by atoms with van der Waals surface area (Å²) in [6, 6.07) is 1.30. The summed E-state index contributed by atoms with van der Waals surface area (Å²) < 4.78 is 1.60.